The topological polar surface area (TPSA) is 44.1 Å². The molecule has 0 saturated carbocycles. The second-order valence-corrected chi connectivity index (χ2v) is 4.16. The zero-order valence-corrected chi connectivity index (χ0v) is 10.8. The van der Waals surface area contributed by atoms with Crippen LogP contribution in [0.2, 0.25) is 0 Å². The third-order valence-corrected chi connectivity index (χ3v) is 2.85. The van der Waals surface area contributed by atoms with Gasteiger partial charge in [0.05, 0.1) is 24.1 Å². The van der Waals surface area contributed by atoms with Gasteiger partial charge in [-0.25, -0.2) is 9.48 Å². The third-order valence-electron chi connectivity index (χ3n) is 2.85. The lowest BCUT2D eigenvalue weighted by atomic mass is 10.1. The maximum atomic E-state index is 11.5. The van der Waals surface area contributed by atoms with Crippen LogP contribution in [0.25, 0.3) is 5.69 Å². The quantitative estimate of drug-likeness (QED) is 0.780. The Labute approximate surface area is 106 Å². The van der Waals surface area contributed by atoms with Gasteiger partial charge in [-0.15, -0.1) is 0 Å². The largest absolute Gasteiger partial charge is 0.462 e. The molecule has 2 aromatic rings. The highest BCUT2D eigenvalue weighted by atomic mass is 16.5. The molecular weight excluding hydrogens is 228 g/mol. The minimum absolute atomic E-state index is 0.340. The third kappa shape index (κ3) is 2.42. The van der Waals surface area contributed by atoms with E-state index in [0.717, 1.165) is 5.69 Å². The normalized spacial score (nSPS) is 10.4. The van der Waals surface area contributed by atoms with E-state index in [4.69, 9.17) is 4.74 Å². The predicted molar refractivity (Wildman–Crippen MR) is 69.0 cm³/mol. The van der Waals surface area contributed by atoms with Crippen molar-refractivity contribution in [2.24, 2.45) is 0 Å². The van der Waals surface area contributed by atoms with Crippen molar-refractivity contribution in [3.05, 3.63) is 47.3 Å². The van der Waals surface area contributed by atoms with E-state index in [1.807, 2.05) is 18.2 Å². The smallest absolute Gasteiger partial charge is 0.341 e. The number of nitrogens with zero attached hydrogens (tertiary/aromatic N) is 2. The molecule has 0 fully saturated rings. The Morgan fingerprint density at radius 1 is 1.33 bits per heavy atom. The molecule has 18 heavy (non-hydrogen) atoms. The molecule has 0 spiro atoms. The lowest BCUT2D eigenvalue weighted by molar-refractivity contribution is 0.0526. The molecule has 0 radical (unpaired) electrons. The first-order chi connectivity index (χ1) is 8.61. The summed E-state index contributed by atoms with van der Waals surface area (Å²) < 4.78 is 6.61. The lowest BCUT2D eigenvalue weighted by Gasteiger charge is -2.04. The second-order valence-electron chi connectivity index (χ2n) is 4.16. The molecule has 0 bridgehead atoms. The van der Waals surface area contributed by atoms with Gasteiger partial charge in [0.1, 0.15) is 0 Å². The molecular formula is C14H16N2O2. The van der Waals surface area contributed by atoms with E-state index in [2.05, 4.69) is 18.9 Å². The van der Waals surface area contributed by atoms with Gasteiger partial charge in [0.15, 0.2) is 0 Å². The maximum Gasteiger partial charge on any atom is 0.341 e. The fraction of sp³-hybridized carbons (Fsp3) is 0.286. The molecule has 0 aliphatic carbocycles. The Morgan fingerprint density at radius 2 is 2.11 bits per heavy atom. The number of carbonyl (C=O) groups is 1. The fourth-order valence-corrected chi connectivity index (χ4v) is 1.65. The monoisotopic (exact) mass is 244 g/mol. The van der Waals surface area contributed by atoms with Crippen molar-refractivity contribution in [3.8, 4) is 5.69 Å². The van der Waals surface area contributed by atoms with E-state index in [0.29, 0.717) is 12.2 Å². The number of benzene rings is 1. The molecule has 0 N–H and O–H groups in total. The van der Waals surface area contributed by atoms with E-state index in [1.165, 1.54) is 17.3 Å². The molecule has 0 unspecified atom stereocenters. The maximum absolute atomic E-state index is 11.5. The highest BCUT2D eigenvalue weighted by molar-refractivity contribution is 5.88. The molecule has 1 aromatic heterocycles. The van der Waals surface area contributed by atoms with Gasteiger partial charge in [-0.2, -0.15) is 5.10 Å². The molecule has 4 heteroatoms. The van der Waals surface area contributed by atoms with Crippen molar-refractivity contribution in [2.45, 2.75) is 20.8 Å². The number of ether oxygens (including phenoxy) is 1. The molecule has 0 amide bonds. The lowest BCUT2D eigenvalue weighted by Crippen LogP contribution is -2.03. The van der Waals surface area contributed by atoms with Crippen molar-refractivity contribution in [1.29, 1.82) is 0 Å². The van der Waals surface area contributed by atoms with Crippen LogP contribution in [0, 0.1) is 13.8 Å². The molecule has 0 saturated heterocycles. The Bertz CT molecular complexity index is 573. The summed E-state index contributed by atoms with van der Waals surface area (Å²) in [6.07, 6.45) is 3.20. The standard InChI is InChI=1S/C14H16N2O2/c1-4-18-14(17)12-8-15-16(9-12)13-6-5-10(2)11(3)7-13/h5-9H,4H2,1-3H3. The molecule has 1 heterocycles. The SMILES string of the molecule is CCOC(=O)c1cnn(-c2ccc(C)c(C)c2)c1. The van der Waals surface area contributed by atoms with Gasteiger partial charge in [-0.05, 0) is 44.0 Å². The van der Waals surface area contributed by atoms with Gasteiger partial charge in [0.2, 0.25) is 0 Å². The van der Waals surface area contributed by atoms with Crippen LogP contribution in [0.3, 0.4) is 0 Å². The summed E-state index contributed by atoms with van der Waals surface area (Å²) in [6.45, 7) is 6.26. The van der Waals surface area contributed by atoms with Gasteiger partial charge in [-0.1, -0.05) is 6.07 Å². The summed E-state index contributed by atoms with van der Waals surface area (Å²) in [6, 6.07) is 6.05. The highest BCUT2D eigenvalue weighted by Crippen LogP contribution is 2.14. The first-order valence-electron chi connectivity index (χ1n) is 5.91. The molecule has 4 nitrogen and oxygen atoms in total. The number of hydrogen-bond acceptors (Lipinski definition) is 3. The van der Waals surface area contributed by atoms with Crippen LogP contribution in [0.1, 0.15) is 28.4 Å². The fourth-order valence-electron chi connectivity index (χ4n) is 1.65. The summed E-state index contributed by atoms with van der Waals surface area (Å²) in [5.74, 6) is -0.340. The molecule has 94 valence electrons. The van der Waals surface area contributed by atoms with E-state index in [1.54, 1.807) is 17.8 Å². The van der Waals surface area contributed by atoms with Crippen molar-refractivity contribution < 1.29 is 9.53 Å². The molecule has 0 atom stereocenters. The van der Waals surface area contributed by atoms with Crippen LogP contribution in [-0.2, 0) is 4.74 Å². The number of hydrogen-bond donors (Lipinski definition) is 0. The number of aryl methyl sites for hydroxylation is 2. The van der Waals surface area contributed by atoms with Gasteiger partial charge in [0, 0.05) is 6.20 Å². The predicted octanol–water partition coefficient (Wildman–Crippen LogP) is 2.67. The van der Waals surface area contributed by atoms with Gasteiger partial charge < -0.3 is 4.74 Å². The van der Waals surface area contributed by atoms with Crippen molar-refractivity contribution in [3.63, 3.8) is 0 Å². The summed E-state index contributed by atoms with van der Waals surface area (Å²) in [7, 11) is 0. The van der Waals surface area contributed by atoms with Crippen LogP contribution in [-0.4, -0.2) is 22.4 Å². The van der Waals surface area contributed by atoms with Crippen LogP contribution in [0.4, 0.5) is 0 Å². The van der Waals surface area contributed by atoms with E-state index < -0.39 is 0 Å². The molecule has 0 aliphatic rings. The average Bonchev–Trinajstić information content (AvgIpc) is 2.82. The molecule has 0 aliphatic heterocycles. The van der Waals surface area contributed by atoms with Crippen LogP contribution in [0.15, 0.2) is 30.6 Å². The van der Waals surface area contributed by atoms with E-state index >= 15 is 0 Å². The number of aromatic nitrogens is 2. The Hall–Kier alpha value is -2.10. The van der Waals surface area contributed by atoms with Crippen LogP contribution in [0.5, 0.6) is 0 Å². The van der Waals surface area contributed by atoms with Gasteiger partial charge >= 0.3 is 5.97 Å². The summed E-state index contributed by atoms with van der Waals surface area (Å²) in [5, 5.41) is 4.18. The first kappa shape index (κ1) is 12.4. The summed E-state index contributed by atoms with van der Waals surface area (Å²) in [4.78, 5) is 11.5. The van der Waals surface area contributed by atoms with Gasteiger partial charge in [-0.3, -0.25) is 0 Å². The highest BCUT2D eigenvalue weighted by Gasteiger charge is 2.10. The zero-order chi connectivity index (χ0) is 13.1. The Morgan fingerprint density at radius 3 is 2.78 bits per heavy atom. The number of esters is 1. The van der Waals surface area contributed by atoms with Crippen LogP contribution >= 0.6 is 0 Å². The molecule has 1 aromatic carbocycles. The van der Waals surface area contributed by atoms with Crippen molar-refractivity contribution >= 4 is 5.97 Å². The molecule has 2 rings (SSSR count). The van der Waals surface area contributed by atoms with Gasteiger partial charge in [0.25, 0.3) is 0 Å². The number of rotatable bonds is 3. The zero-order valence-electron chi connectivity index (χ0n) is 10.8. The minimum Gasteiger partial charge on any atom is -0.462 e. The van der Waals surface area contributed by atoms with Crippen LogP contribution < -0.4 is 0 Å². The van der Waals surface area contributed by atoms with Crippen molar-refractivity contribution in [1.82, 2.24) is 9.78 Å². The minimum atomic E-state index is -0.340. The second kappa shape index (κ2) is 5.04. The average molecular weight is 244 g/mol. The van der Waals surface area contributed by atoms with Crippen molar-refractivity contribution in [2.75, 3.05) is 6.61 Å². The van der Waals surface area contributed by atoms with E-state index in [-0.39, 0.29) is 5.97 Å². The Kier molecular flexibility index (Phi) is 3.46. The van der Waals surface area contributed by atoms with E-state index in [9.17, 15) is 4.79 Å². The number of carbonyl (C=O) groups excluding carboxylic acids is 1. The Balaban J connectivity index is 2.29. The summed E-state index contributed by atoms with van der Waals surface area (Å²) >= 11 is 0. The first-order valence-corrected chi connectivity index (χ1v) is 5.91. The summed E-state index contributed by atoms with van der Waals surface area (Å²) in [5.41, 5.74) is 3.83.